The van der Waals surface area contributed by atoms with Gasteiger partial charge >= 0.3 is 6.01 Å². The number of ether oxygens (including phenoxy) is 3. The minimum atomic E-state index is -1.25. The van der Waals surface area contributed by atoms with E-state index in [1.54, 1.807) is 6.92 Å². The third-order valence-corrected chi connectivity index (χ3v) is 13.4. The third kappa shape index (κ3) is 7.50. The predicted octanol–water partition coefficient (Wildman–Crippen LogP) is 6.07. The van der Waals surface area contributed by atoms with E-state index < -0.39 is 17.2 Å². The maximum atomic E-state index is 17.4. The summed E-state index contributed by atoms with van der Waals surface area (Å²) in [4.78, 5) is 33.5. The largest absolute Gasteiger partial charge is 0.508 e. The summed E-state index contributed by atoms with van der Waals surface area (Å²) in [5, 5.41) is 22.8. The van der Waals surface area contributed by atoms with Crippen molar-refractivity contribution in [3.63, 3.8) is 0 Å². The number of benzene rings is 2. The Morgan fingerprint density at radius 2 is 1.83 bits per heavy atom. The SMILES string of the molecule is C#Cc1c(F)ccc2cc(O)cc(-c3nc(OC)c4c(N5CCOCC(C)(O)C5)nc(OCC56CCCC5N(CC5CCN(C(=O)C7CC7)CC5)CCC6)nc4c3F)c12. The fourth-order valence-corrected chi connectivity index (χ4v) is 10.4. The Hall–Kier alpha value is -4.84. The first-order valence-corrected chi connectivity index (χ1v) is 21.1. The molecule has 3 unspecified atom stereocenters. The Kier molecular flexibility index (Phi) is 10.5. The number of fused-ring (bicyclic) bond motifs is 3. The van der Waals surface area contributed by atoms with Gasteiger partial charge in [0.1, 0.15) is 39.6 Å². The van der Waals surface area contributed by atoms with Crippen molar-refractivity contribution < 1.29 is 38.0 Å². The number of likely N-dealkylation sites (tertiary alicyclic amines) is 2. The van der Waals surface area contributed by atoms with Crippen LogP contribution in [0.5, 0.6) is 17.6 Å². The number of β-amino-alcohol motifs (C(OH)–C–C–N with tert-alkyl or cyclic N) is 1. The van der Waals surface area contributed by atoms with Crippen LogP contribution in [0.3, 0.4) is 0 Å². The van der Waals surface area contributed by atoms with Gasteiger partial charge in [-0.25, -0.2) is 13.8 Å². The number of aromatic hydroxyl groups is 1. The molecule has 2 aliphatic carbocycles. The van der Waals surface area contributed by atoms with Crippen molar-refractivity contribution in [2.24, 2.45) is 17.3 Å². The second-order valence-electron chi connectivity index (χ2n) is 17.7. The number of hydrogen-bond acceptors (Lipinski definition) is 11. The molecule has 12 nitrogen and oxygen atoms in total. The first kappa shape index (κ1) is 39.6. The number of anilines is 1. The van der Waals surface area contributed by atoms with Gasteiger partial charge in [0.25, 0.3) is 0 Å². The number of carbonyl (C=O) groups excluding carboxylic acids is 1. The van der Waals surface area contributed by atoms with Crippen LogP contribution in [-0.4, -0.2) is 119 Å². The number of halogens is 2. The van der Waals surface area contributed by atoms with Crippen LogP contribution in [0.25, 0.3) is 32.9 Å². The monoisotopic (exact) mass is 810 g/mol. The van der Waals surface area contributed by atoms with E-state index in [4.69, 9.17) is 30.6 Å². The first-order valence-electron chi connectivity index (χ1n) is 21.1. The van der Waals surface area contributed by atoms with Gasteiger partial charge in [0.15, 0.2) is 5.82 Å². The summed E-state index contributed by atoms with van der Waals surface area (Å²) in [5.41, 5.74) is -1.83. The molecule has 3 aliphatic heterocycles. The van der Waals surface area contributed by atoms with Crippen LogP contribution in [0.15, 0.2) is 24.3 Å². The molecule has 2 aromatic carbocycles. The number of rotatable bonds is 9. The smallest absolute Gasteiger partial charge is 0.319 e. The standard InChI is InChI=1S/C45H52F2N6O6/c1-4-31-33(46)11-10-29-21-30(54)22-32(35(29)31)38-37(47)39-36(41(48-38)57-3)40(53-19-20-58-25-44(2,56)24-53)50-43(49-39)59-26-45-14-5-7-34(45)52(16-6-15-45)23-27-12-17-51(18-13-27)42(55)28-8-9-28/h1,10-11,21-22,27-28,34,54,56H,5-9,12-20,23-26H2,2-3H3. The zero-order chi connectivity index (χ0) is 41.1. The number of hydrogen-bond donors (Lipinski definition) is 2. The van der Waals surface area contributed by atoms with E-state index in [2.05, 4.69) is 20.7 Å². The molecule has 0 spiro atoms. The highest BCUT2D eigenvalue weighted by molar-refractivity contribution is 6.04. The fourth-order valence-electron chi connectivity index (χ4n) is 10.4. The molecule has 5 aliphatic rings. The quantitative estimate of drug-likeness (QED) is 0.191. The summed E-state index contributed by atoms with van der Waals surface area (Å²) < 4.78 is 50.7. The summed E-state index contributed by atoms with van der Waals surface area (Å²) in [6.45, 7) is 6.53. The molecule has 2 N–H and O–H groups in total. The fraction of sp³-hybridized carbons (Fsp3) is 0.556. The molecule has 3 saturated heterocycles. The number of amides is 1. The molecule has 59 heavy (non-hydrogen) atoms. The van der Waals surface area contributed by atoms with Crippen molar-refractivity contribution >= 4 is 33.4 Å². The van der Waals surface area contributed by atoms with E-state index in [1.807, 2.05) is 4.90 Å². The Bertz CT molecular complexity index is 2320. The number of carbonyl (C=O) groups is 1. The highest BCUT2D eigenvalue weighted by Gasteiger charge is 2.49. The van der Waals surface area contributed by atoms with E-state index in [-0.39, 0.29) is 87.7 Å². The maximum Gasteiger partial charge on any atom is 0.319 e. The molecule has 1 amide bonds. The van der Waals surface area contributed by atoms with E-state index in [1.165, 1.54) is 31.4 Å². The van der Waals surface area contributed by atoms with Crippen LogP contribution in [0.1, 0.15) is 70.3 Å². The lowest BCUT2D eigenvalue weighted by Crippen LogP contribution is -2.54. The van der Waals surface area contributed by atoms with Crippen molar-refractivity contribution in [1.29, 1.82) is 0 Å². The van der Waals surface area contributed by atoms with E-state index in [0.29, 0.717) is 36.4 Å². The van der Waals surface area contributed by atoms with E-state index >= 15 is 8.78 Å². The minimum absolute atomic E-state index is 0.0157. The lowest BCUT2D eigenvalue weighted by atomic mass is 9.75. The van der Waals surface area contributed by atoms with Gasteiger partial charge in [0, 0.05) is 54.5 Å². The van der Waals surface area contributed by atoms with Crippen LogP contribution >= 0.6 is 0 Å². The van der Waals surface area contributed by atoms with Crippen LogP contribution in [0.4, 0.5) is 14.6 Å². The average Bonchev–Trinajstić information content (AvgIpc) is 4.02. The Morgan fingerprint density at radius 3 is 2.59 bits per heavy atom. The Labute approximate surface area is 342 Å². The average molecular weight is 811 g/mol. The molecular weight excluding hydrogens is 759 g/mol. The molecule has 0 radical (unpaired) electrons. The Morgan fingerprint density at radius 1 is 1.03 bits per heavy atom. The molecule has 2 aromatic heterocycles. The Balaban J connectivity index is 1.08. The van der Waals surface area contributed by atoms with Crippen molar-refractivity contribution in [2.75, 3.05) is 71.1 Å². The van der Waals surface area contributed by atoms with Crippen LogP contribution in [0.2, 0.25) is 0 Å². The second-order valence-corrected chi connectivity index (χ2v) is 17.7. The van der Waals surface area contributed by atoms with Crippen molar-refractivity contribution in [3.8, 4) is 41.2 Å². The van der Waals surface area contributed by atoms with Gasteiger partial charge in [-0.3, -0.25) is 9.69 Å². The molecule has 312 valence electrons. The molecule has 14 heteroatoms. The second kappa shape index (κ2) is 15.6. The highest BCUT2D eigenvalue weighted by atomic mass is 19.1. The maximum absolute atomic E-state index is 17.4. The lowest BCUT2D eigenvalue weighted by Gasteiger charge is -2.47. The zero-order valence-electron chi connectivity index (χ0n) is 33.8. The molecule has 2 saturated carbocycles. The van der Waals surface area contributed by atoms with E-state index in [9.17, 15) is 15.0 Å². The van der Waals surface area contributed by atoms with Gasteiger partial charge in [0.2, 0.25) is 11.8 Å². The number of phenols is 1. The first-order chi connectivity index (χ1) is 28.5. The van der Waals surface area contributed by atoms with Crippen LogP contribution < -0.4 is 14.4 Å². The molecule has 9 rings (SSSR count). The van der Waals surface area contributed by atoms with Crippen molar-refractivity contribution in [1.82, 2.24) is 24.8 Å². The summed E-state index contributed by atoms with van der Waals surface area (Å²) >= 11 is 0. The molecule has 0 bridgehead atoms. The predicted molar refractivity (Wildman–Crippen MR) is 218 cm³/mol. The number of phenolic OH excluding ortho intramolecular Hbond substituents is 1. The topological polar surface area (TPSA) is 134 Å². The highest BCUT2D eigenvalue weighted by Crippen LogP contribution is 2.49. The molecule has 5 fully saturated rings. The van der Waals surface area contributed by atoms with Gasteiger partial charge in [-0.05, 0) is 94.3 Å². The molecular formula is C45H52F2N6O6. The summed E-state index contributed by atoms with van der Waals surface area (Å²) in [7, 11) is 1.40. The van der Waals surface area contributed by atoms with Gasteiger partial charge in [-0.1, -0.05) is 18.4 Å². The summed E-state index contributed by atoms with van der Waals surface area (Å²) in [6.07, 6.45) is 15.0. The number of terminal acetylenes is 1. The minimum Gasteiger partial charge on any atom is -0.508 e. The summed E-state index contributed by atoms with van der Waals surface area (Å²) in [6, 6.07) is 5.68. The summed E-state index contributed by atoms with van der Waals surface area (Å²) in [5.74, 6) is 2.04. The number of aromatic nitrogens is 3. The van der Waals surface area contributed by atoms with Crippen molar-refractivity contribution in [2.45, 2.75) is 76.4 Å². The van der Waals surface area contributed by atoms with Crippen molar-refractivity contribution in [3.05, 3.63) is 41.5 Å². The zero-order valence-corrected chi connectivity index (χ0v) is 33.8. The van der Waals surface area contributed by atoms with Gasteiger partial charge in [-0.2, -0.15) is 9.97 Å². The van der Waals surface area contributed by atoms with Crippen LogP contribution in [-0.2, 0) is 9.53 Å². The van der Waals surface area contributed by atoms with E-state index in [0.717, 1.165) is 84.0 Å². The molecule has 3 atom stereocenters. The molecule has 4 aromatic rings. The lowest BCUT2D eigenvalue weighted by molar-refractivity contribution is -0.134. The number of nitrogens with zero attached hydrogens (tertiary/aromatic N) is 6. The molecule has 5 heterocycles. The number of methoxy groups -OCH3 is 1. The number of piperidine rings is 2. The third-order valence-electron chi connectivity index (χ3n) is 13.4. The van der Waals surface area contributed by atoms with Gasteiger partial charge < -0.3 is 34.2 Å². The van der Waals surface area contributed by atoms with Gasteiger partial charge in [-0.15, -0.1) is 6.42 Å². The normalized spacial score (nSPS) is 25.5. The van der Waals surface area contributed by atoms with Crippen LogP contribution in [0, 0.1) is 41.2 Å². The number of aliphatic hydroxyl groups is 1. The van der Waals surface area contributed by atoms with Gasteiger partial charge in [0.05, 0.1) is 39.0 Å². The number of pyridine rings is 1.